The number of nitrogens with one attached hydrogen (secondary N) is 2. The molecule has 0 unspecified atom stereocenters. The molecule has 0 saturated carbocycles. The van der Waals surface area contributed by atoms with E-state index in [0.29, 0.717) is 32.7 Å². The van der Waals surface area contributed by atoms with Gasteiger partial charge in [-0.1, -0.05) is 6.92 Å². The van der Waals surface area contributed by atoms with E-state index in [0.717, 1.165) is 6.54 Å². The lowest BCUT2D eigenvalue weighted by Gasteiger charge is -2.34. The van der Waals surface area contributed by atoms with Crippen LogP contribution in [0.25, 0.3) is 0 Å². The van der Waals surface area contributed by atoms with Gasteiger partial charge >= 0.3 is 17.8 Å². The first-order valence-corrected chi connectivity index (χ1v) is 8.96. The van der Waals surface area contributed by atoms with Crippen molar-refractivity contribution in [1.82, 2.24) is 30.2 Å². The average molecular weight is 364 g/mol. The van der Waals surface area contributed by atoms with Gasteiger partial charge in [0.2, 0.25) is 0 Å². The molecule has 2 N–H and O–H groups in total. The number of piperazine rings is 1. The molecule has 9 heteroatoms. The zero-order valence-electron chi connectivity index (χ0n) is 15.6. The summed E-state index contributed by atoms with van der Waals surface area (Å²) in [5.41, 5.74) is 0. The van der Waals surface area contributed by atoms with Gasteiger partial charge in [-0.3, -0.25) is 14.3 Å². The summed E-state index contributed by atoms with van der Waals surface area (Å²) < 4.78 is 1.84. The molecule has 0 radical (unpaired) electrons. The summed E-state index contributed by atoms with van der Waals surface area (Å²) in [5.74, 6) is -0.876. The maximum absolute atomic E-state index is 12.3. The Kier molecular flexibility index (Phi) is 6.99. The summed E-state index contributed by atoms with van der Waals surface area (Å²) in [6.07, 6.45) is 3.62. The number of nitrogens with zero attached hydrogens (tertiary/aromatic N) is 4. The number of amides is 4. The minimum atomic E-state index is -0.592. The topological polar surface area (TPSA) is 99.6 Å². The Morgan fingerprint density at radius 2 is 1.73 bits per heavy atom. The van der Waals surface area contributed by atoms with Crippen molar-refractivity contribution in [2.24, 2.45) is 5.92 Å². The molecule has 2 heterocycles. The molecule has 0 aliphatic carbocycles. The Labute approximate surface area is 153 Å². The molecule has 9 nitrogen and oxygen atoms in total. The number of hydrogen-bond acceptors (Lipinski definition) is 4. The van der Waals surface area contributed by atoms with Gasteiger partial charge in [0, 0.05) is 57.7 Å². The van der Waals surface area contributed by atoms with Crippen LogP contribution in [0.4, 0.5) is 4.79 Å². The smallest absolute Gasteiger partial charge is 0.317 e. The molecule has 4 amide bonds. The van der Waals surface area contributed by atoms with Crippen molar-refractivity contribution in [3.63, 3.8) is 0 Å². The van der Waals surface area contributed by atoms with Crippen molar-refractivity contribution < 1.29 is 14.4 Å². The van der Waals surface area contributed by atoms with Crippen LogP contribution in [0.1, 0.15) is 20.8 Å². The number of rotatable bonds is 5. The molecule has 0 spiro atoms. The third-order valence-electron chi connectivity index (χ3n) is 4.13. The van der Waals surface area contributed by atoms with Gasteiger partial charge in [-0.15, -0.1) is 0 Å². The van der Waals surface area contributed by atoms with Crippen molar-refractivity contribution in [3.8, 4) is 0 Å². The zero-order chi connectivity index (χ0) is 19.1. The molecule has 0 bridgehead atoms. The van der Waals surface area contributed by atoms with E-state index < -0.39 is 11.8 Å². The molecule has 1 saturated heterocycles. The van der Waals surface area contributed by atoms with Crippen LogP contribution in [0.5, 0.6) is 0 Å². The Balaban J connectivity index is 1.70. The first kappa shape index (κ1) is 19.7. The molecule has 1 fully saturated rings. The van der Waals surface area contributed by atoms with Crippen LogP contribution in [-0.4, -0.2) is 76.2 Å². The second kappa shape index (κ2) is 9.21. The van der Waals surface area contributed by atoms with E-state index >= 15 is 0 Å². The van der Waals surface area contributed by atoms with Gasteiger partial charge < -0.3 is 20.4 Å². The van der Waals surface area contributed by atoms with Crippen LogP contribution in [0.2, 0.25) is 0 Å². The molecule has 1 aromatic heterocycles. The van der Waals surface area contributed by atoms with Gasteiger partial charge in [-0.25, -0.2) is 4.79 Å². The van der Waals surface area contributed by atoms with E-state index in [1.54, 1.807) is 24.9 Å². The molecular weight excluding hydrogens is 336 g/mol. The Bertz CT molecular complexity index is 608. The Hall–Kier alpha value is -2.58. The summed E-state index contributed by atoms with van der Waals surface area (Å²) in [6, 6.07) is 1.64. The first-order valence-electron chi connectivity index (χ1n) is 8.96. The highest BCUT2D eigenvalue weighted by Crippen LogP contribution is 2.04. The largest absolute Gasteiger partial charge is 0.346 e. The van der Waals surface area contributed by atoms with Crippen LogP contribution < -0.4 is 10.6 Å². The zero-order valence-corrected chi connectivity index (χ0v) is 15.6. The van der Waals surface area contributed by atoms with Gasteiger partial charge in [-0.2, -0.15) is 5.10 Å². The van der Waals surface area contributed by atoms with Gasteiger partial charge in [0.25, 0.3) is 0 Å². The van der Waals surface area contributed by atoms with E-state index in [1.807, 2.05) is 23.9 Å². The molecule has 144 valence electrons. The second-order valence-corrected chi connectivity index (χ2v) is 6.93. The summed E-state index contributed by atoms with van der Waals surface area (Å²) in [5, 5.41) is 9.67. The molecule has 1 atom stereocenters. The molecule has 26 heavy (non-hydrogen) atoms. The van der Waals surface area contributed by atoms with Crippen LogP contribution in [0.3, 0.4) is 0 Å². The number of carbonyl (C=O) groups excluding carboxylic acids is 3. The van der Waals surface area contributed by atoms with Crippen LogP contribution in [0.15, 0.2) is 18.5 Å². The number of urea groups is 1. The highest BCUT2D eigenvalue weighted by Gasteiger charge is 2.28. The van der Waals surface area contributed by atoms with E-state index in [9.17, 15) is 14.4 Å². The number of aromatic nitrogens is 2. The van der Waals surface area contributed by atoms with E-state index in [1.165, 1.54) is 4.90 Å². The molecule has 1 aliphatic rings. The summed E-state index contributed by atoms with van der Waals surface area (Å²) >= 11 is 0. The Morgan fingerprint density at radius 1 is 1.08 bits per heavy atom. The molecule has 1 aliphatic heterocycles. The van der Waals surface area contributed by atoms with E-state index in [4.69, 9.17) is 0 Å². The van der Waals surface area contributed by atoms with Gasteiger partial charge in [0.1, 0.15) is 0 Å². The lowest BCUT2D eigenvalue weighted by molar-refractivity contribution is -0.147. The minimum absolute atomic E-state index is 0.0813. The highest BCUT2D eigenvalue weighted by molar-refractivity contribution is 6.35. The lowest BCUT2D eigenvalue weighted by Crippen LogP contribution is -2.56. The van der Waals surface area contributed by atoms with Crippen molar-refractivity contribution in [2.75, 3.05) is 32.7 Å². The fourth-order valence-electron chi connectivity index (χ4n) is 2.75. The molecule has 1 aromatic rings. The van der Waals surface area contributed by atoms with E-state index in [-0.39, 0.29) is 18.0 Å². The van der Waals surface area contributed by atoms with E-state index in [2.05, 4.69) is 15.7 Å². The number of carbonyl (C=O) groups is 3. The maximum Gasteiger partial charge on any atom is 0.317 e. The van der Waals surface area contributed by atoms with Gasteiger partial charge in [0.05, 0.1) is 0 Å². The minimum Gasteiger partial charge on any atom is -0.346 e. The monoisotopic (exact) mass is 364 g/mol. The van der Waals surface area contributed by atoms with Crippen LogP contribution in [-0.2, 0) is 16.1 Å². The third-order valence-corrected chi connectivity index (χ3v) is 4.13. The van der Waals surface area contributed by atoms with Crippen LogP contribution in [0, 0.1) is 5.92 Å². The van der Waals surface area contributed by atoms with Crippen molar-refractivity contribution >= 4 is 17.8 Å². The van der Waals surface area contributed by atoms with Gasteiger partial charge in [-0.05, 0) is 25.8 Å². The summed E-state index contributed by atoms with van der Waals surface area (Å²) in [6.45, 7) is 8.50. The van der Waals surface area contributed by atoms with Crippen molar-refractivity contribution in [3.05, 3.63) is 18.5 Å². The first-order chi connectivity index (χ1) is 12.4. The predicted molar refractivity (Wildman–Crippen MR) is 96.2 cm³/mol. The Morgan fingerprint density at radius 3 is 2.31 bits per heavy atom. The summed E-state index contributed by atoms with van der Waals surface area (Å²) in [7, 11) is 0. The summed E-state index contributed by atoms with van der Waals surface area (Å²) in [4.78, 5) is 39.3. The fraction of sp³-hybridized carbons (Fsp3) is 0.647. The highest BCUT2D eigenvalue weighted by atomic mass is 16.2. The molecule has 2 rings (SSSR count). The standard InChI is InChI=1S/C17H28N6O3/c1-13(2)20-15(24)16(25)21-7-9-22(10-8-21)17(26)18-11-14(3)12-23-6-4-5-19-23/h4-6,13-14H,7-12H2,1-3H3,(H,18,26)(H,20,24)/t14-/m0/s1. The van der Waals surface area contributed by atoms with Crippen LogP contribution >= 0.6 is 0 Å². The average Bonchev–Trinajstić information content (AvgIpc) is 3.11. The van der Waals surface area contributed by atoms with Crippen molar-refractivity contribution in [1.29, 1.82) is 0 Å². The van der Waals surface area contributed by atoms with Crippen molar-refractivity contribution in [2.45, 2.75) is 33.4 Å². The SMILES string of the molecule is CC(C)NC(=O)C(=O)N1CCN(C(=O)NC[C@H](C)Cn2cccn2)CC1. The third kappa shape index (κ3) is 5.75. The lowest BCUT2D eigenvalue weighted by atomic mass is 10.2. The maximum atomic E-state index is 12.3. The van der Waals surface area contributed by atoms with Gasteiger partial charge in [0.15, 0.2) is 0 Å². The fourth-order valence-corrected chi connectivity index (χ4v) is 2.75. The predicted octanol–water partition coefficient (Wildman–Crippen LogP) is -0.102. The second-order valence-electron chi connectivity index (χ2n) is 6.93. The molecular formula is C17H28N6O3. The quantitative estimate of drug-likeness (QED) is 0.713. The number of hydrogen-bond donors (Lipinski definition) is 2. The molecule has 0 aromatic carbocycles. The normalized spacial score (nSPS) is 15.7.